The average Bonchev–Trinajstić information content (AvgIpc) is 2.79. The van der Waals surface area contributed by atoms with E-state index in [1.54, 1.807) is 0 Å². The fourth-order valence-electron chi connectivity index (χ4n) is 4.41. The molecule has 0 heterocycles. The molecule has 1 atom stereocenters. The highest BCUT2D eigenvalue weighted by Crippen LogP contribution is 2.16. The molecule has 0 aliphatic rings. The van der Waals surface area contributed by atoms with Crippen LogP contribution in [0.15, 0.2) is 0 Å². The first-order valence-corrected chi connectivity index (χ1v) is 16.1. The molecule has 0 aliphatic carbocycles. The van der Waals surface area contributed by atoms with E-state index < -0.39 is 21.3 Å². The Kier molecular flexibility index (Phi) is 23.7. The molecule has 0 aromatic heterocycles. The van der Waals surface area contributed by atoms with Crippen molar-refractivity contribution in [2.75, 3.05) is 6.61 Å². The maximum atomic E-state index is 12.2. The molecule has 6 heteroatoms. The van der Waals surface area contributed by atoms with Crippen molar-refractivity contribution in [3.8, 4) is 0 Å². The van der Waals surface area contributed by atoms with Gasteiger partial charge in [0.1, 0.15) is 0 Å². The Bertz CT molecular complexity index is 547. The standard InChI is InChI=1S/C28H56O5S/c1-3-5-7-9-11-13-14-15-16-17-18-19-21-23-25-27(34(30,31)32)28(29)33-26-24-22-20-12-10-8-6-4-2/h27H,3-26H2,1-2H3,(H,30,31,32). The second-order valence-corrected chi connectivity index (χ2v) is 11.6. The Labute approximate surface area is 211 Å². The minimum atomic E-state index is -4.42. The quantitative estimate of drug-likeness (QED) is 0.0723. The lowest BCUT2D eigenvalue weighted by Crippen LogP contribution is -2.32. The summed E-state index contributed by atoms with van der Waals surface area (Å²) in [6, 6.07) is 0. The molecular weight excluding hydrogens is 448 g/mol. The molecule has 1 N–H and O–H groups in total. The molecule has 34 heavy (non-hydrogen) atoms. The molecule has 5 nitrogen and oxygen atoms in total. The van der Waals surface area contributed by atoms with Gasteiger partial charge in [-0.2, -0.15) is 8.42 Å². The Morgan fingerprint density at radius 1 is 0.588 bits per heavy atom. The lowest BCUT2D eigenvalue weighted by Gasteiger charge is -2.13. The molecule has 0 fully saturated rings. The number of hydrogen-bond donors (Lipinski definition) is 1. The lowest BCUT2D eigenvalue weighted by molar-refractivity contribution is -0.143. The van der Waals surface area contributed by atoms with Crippen LogP contribution < -0.4 is 0 Å². The van der Waals surface area contributed by atoms with Crippen LogP contribution in [-0.2, 0) is 19.6 Å². The first kappa shape index (κ1) is 33.4. The maximum Gasteiger partial charge on any atom is 0.326 e. The van der Waals surface area contributed by atoms with E-state index in [4.69, 9.17) is 4.74 Å². The van der Waals surface area contributed by atoms with Crippen molar-refractivity contribution in [1.29, 1.82) is 0 Å². The van der Waals surface area contributed by atoms with Crippen molar-refractivity contribution < 1.29 is 22.5 Å². The predicted octanol–water partition coefficient (Wildman–Crippen LogP) is 8.80. The molecule has 0 radical (unpaired) electrons. The Morgan fingerprint density at radius 2 is 0.912 bits per heavy atom. The van der Waals surface area contributed by atoms with Crippen molar-refractivity contribution in [3.05, 3.63) is 0 Å². The Balaban J connectivity index is 3.74. The van der Waals surface area contributed by atoms with Gasteiger partial charge in [-0.3, -0.25) is 9.35 Å². The summed E-state index contributed by atoms with van der Waals surface area (Å²) in [5, 5.41) is -1.43. The lowest BCUT2D eigenvalue weighted by atomic mass is 10.0. The molecular formula is C28H56O5S. The van der Waals surface area contributed by atoms with Crippen LogP contribution in [0, 0.1) is 0 Å². The van der Waals surface area contributed by atoms with Gasteiger partial charge in [0.2, 0.25) is 0 Å². The average molecular weight is 505 g/mol. The first-order chi connectivity index (χ1) is 16.4. The van der Waals surface area contributed by atoms with Crippen LogP contribution in [0.4, 0.5) is 0 Å². The monoisotopic (exact) mass is 504 g/mol. The van der Waals surface area contributed by atoms with Crippen LogP contribution in [0.1, 0.15) is 162 Å². The molecule has 0 rings (SSSR count). The molecule has 204 valence electrons. The summed E-state index contributed by atoms with van der Waals surface area (Å²) in [5.41, 5.74) is 0. The largest absolute Gasteiger partial charge is 0.465 e. The molecule has 0 saturated heterocycles. The van der Waals surface area contributed by atoms with Gasteiger partial charge in [0, 0.05) is 0 Å². The first-order valence-electron chi connectivity index (χ1n) is 14.6. The van der Waals surface area contributed by atoms with Crippen molar-refractivity contribution in [2.24, 2.45) is 0 Å². The van der Waals surface area contributed by atoms with E-state index in [-0.39, 0.29) is 13.0 Å². The molecule has 1 unspecified atom stereocenters. The van der Waals surface area contributed by atoms with Gasteiger partial charge in [0.05, 0.1) is 6.61 Å². The van der Waals surface area contributed by atoms with E-state index >= 15 is 0 Å². The van der Waals surface area contributed by atoms with E-state index in [1.165, 1.54) is 96.3 Å². The van der Waals surface area contributed by atoms with Gasteiger partial charge in [-0.1, -0.05) is 149 Å². The number of hydrogen-bond acceptors (Lipinski definition) is 4. The molecule has 0 aliphatic heterocycles. The van der Waals surface area contributed by atoms with Gasteiger partial charge in [0.25, 0.3) is 10.1 Å². The van der Waals surface area contributed by atoms with Crippen LogP contribution in [0.25, 0.3) is 0 Å². The fourth-order valence-corrected chi connectivity index (χ4v) is 5.19. The maximum absolute atomic E-state index is 12.2. The van der Waals surface area contributed by atoms with Crippen LogP contribution in [0.3, 0.4) is 0 Å². The highest BCUT2D eigenvalue weighted by atomic mass is 32.2. The third kappa shape index (κ3) is 21.9. The third-order valence-corrected chi connectivity index (χ3v) is 7.83. The molecule has 0 bridgehead atoms. The van der Waals surface area contributed by atoms with Gasteiger partial charge < -0.3 is 4.74 Å². The zero-order valence-corrected chi connectivity index (χ0v) is 23.4. The SMILES string of the molecule is CCCCCCCCCCCCCCCCC(C(=O)OCCCCCCCCCC)S(=O)(=O)O. The minimum absolute atomic E-state index is 0.146. The molecule has 0 amide bonds. The summed E-state index contributed by atoms with van der Waals surface area (Å²) in [6.45, 7) is 4.69. The molecule has 0 spiro atoms. The smallest absolute Gasteiger partial charge is 0.326 e. The minimum Gasteiger partial charge on any atom is -0.465 e. The number of esters is 1. The Hall–Kier alpha value is -0.620. The zero-order chi connectivity index (χ0) is 25.3. The summed E-state index contributed by atoms with van der Waals surface area (Å²) in [6.07, 6.45) is 26.2. The second kappa shape index (κ2) is 24.1. The second-order valence-electron chi connectivity index (χ2n) is 10.0. The number of carbonyl (C=O) groups excluding carboxylic acids is 1. The van der Waals surface area contributed by atoms with Crippen molar-refractivity contribution in [2.45, 2.75) is 167 Å². The highest BCUT2D eigenvalue weighted by molar-refractivity contribution is 7.87. The summed E-state index contributed by atoms with van der Waals surface area (Å²) >= 11 is 0. The predicted molar refractivity (Wildman–Crippen MR) is 144 cm³/mol. The highest BCUT2D eigenvalue weighted by Gasteiger charge is 2.31. The number of carbonyl (C=O) groups is 1. The van der Waals surface area contributed by atoms with E-state index in [2.05, 4.69) is 13.8 Å². The fraction of sp³-hybridized carbons (Fsp3) is 0.964. The Morgan fingerprint density at radius 3 is 1.26 bits per heavy atom. The van der Waals surface area contributed by atoms with Crippen molar-refractivity contribution >= 4 is 16.1 Å². The van der Waals surface area contributed by atoms with Crippen LogP contribution in [0.5, 0.6) is 0 Å². The number of ether oxygens (including phenoxy) is 1. The summed E-state index contributed by atoms with van der Waals surface area (Å²) in [4.78, 5) is 12.2. The van der Waals surface area contributed by atoms with E-state index in [0.29, 0.717) is 6.42 Å². The van der Waals surface area contributed by atoms with Crippen LogP contribution in [0.2, 0.25) is 0 Å². The molecule has 0 aromatic rings. The summed E-state index contributed by atoms with van der Waals surface area (Å²) in [7, 11) is -4.42. The summed E-state index contributed by atoms with van der Waals surface area (Å²) < 4.78 is 37.9. The topological polar surface area (TPSA) is 80.7 Å². The molecule has 0 aromatic carbocycles. The van der Waals surface area contributed by atoms with Gasteiger partial charge >= 0.3 is 5.97 Å². The molecule has 0 saturated carbocycles. The van der Waals surface area contributed by atoms with Gasteiger partial charge in [-0.05, 0) is 12.8 Å². The zero-order valence-electron chi connectivity index (χ0n) is 22.5. The number of unbranched alkanes of at least 4 members (excludes halogenated alkanes) is 20. The van der Waals surface area contributed by atoms with Crippen molar-refractivity contribution in [1.82, 2.24) is 0 Å². The van der Waals surface area contributed by atoms with Crippen LogP contribution in [-0.4, -0.2) is 30.8 Å². The third-order valence-electron chi connectivity index (χ3n) is 6.68. The summed E-state index contributed by atoms with van der Waals surface area (Å²) in [5.74, 6) is -0.792. The van der Waals surface area contributed by atoms with E-state index in [0.717, 1.165) is 38.5 Å². The van der Waals surface area contributed by atoms with E-state index in [1.807, 2.05) is 0 Å². The van der Waals surface area contributed by atoms with Gasteiger partial charge in [-0.15, -0.1) is 0 Å². The van der Waals surface area contributed by atoms with Crippen molar-refractivity contribution in [3.63, 3.8) is 0 Å². The number of rotatable bonds is 26. The van der Waals surface area contributed by atoms with Gasteiger partial charge in [0.15, 0.2) is 5.25 Å². The normalized spacial score (nSPS) is 12.7. The van der Waals surface area contributed by atoms with Gasteiger partial charge in [-0.25, -0.2) is 0 Å². The van der Waals surface area contributed by atoms with E-state index in [9.17, 15) is 17.8 Å². The van der Waals surface area contributed by atoms with Crippen LogP contribution >= 0.6 is 0 Å².